The number of nitrogens with one attached hydrogen (secondary N) is 2. The summed E-state index contributed by atoms with van der Waals surface area (Å²) in [7, 11) is 0. The molecule has 1 unspecified atom stereocenters. The lowest BCUT2D eigenvalue weighted by atomic mass is 9.85. The van der Waals surface area contributed by atoms with Crippen molar-refractivity contribution in [2.24, 2.45) is 0 Å². The molecule has 0 saturated carbocycles. The molecule has 0 radical (unpaired) electrons. The molecule has 3 aliphatic rings. The minimum Gasteiger partial charge on any atom is -0.481 e. The van der Waals surface area contributed by atoms with Crippen molar-refractivity contribution < 1.29 is 14.7 Å². The summed E-state index contributed by atoms with van der Waals surface area (Å²) in [6.07, 6.45) is 0.175. The second kappa shape index (κ2) is 4.10. The molecule has 7 nitrogen and oxygen atoms in total. The number of amides is 2. The molecular weight excluding hydrogens is 236 g/mol. The zero-order valence-corrected chi connectivity index (χ0v) is 10.2. The Hall–Kier alpha value is -1.34. The number of hydrogen-bond acceptors (Lipinski definition) is 4. The SMILES string of the molecule is O=C(O)CC1(N2CCN3C(=O)NCC3C2)CNC1. The van der Waals surface area contributed by atoms with Crippen molar-refractivity contribution in [3.05, 3.63) is 0 Å². The lowest BCUT2D eigenvalue weighted by Gasteiger charge is -2.53. The first-order valence-corrected chi connectivity index (χ1v) is 6.33. The van der Waals surface area contributed by atoms with Gasteiger partial charge in [-0.3, -0.25) is 9.69 Å². The molecule has 18 heavy (non-hydrogen) atoms. The average Bonchev–Trinajstić information content (AvgIpc) is 2.65. The van der Waals surface area contributed by atoms with Gasteiger partial charge in [-0.2, -0.15) is 0 Å². The summed E-state index contributed by atoms with van der Waals surface area (Å²) in [6.45, 7) is 4.36. The number of nitrogens with zero attached hydrogens (tertiary/aromatic N) is 2. The van der Waals surface area contributed by atoms with Crippen LogP contribution in [0.4, 0.5) is 4.79 Å². The molecule has 3 heterocycles. The van der Waals surface area contributed by atoms with Crippen LogP contribution in [0.2, 0.25) is 0 Å². The van der Waals surface area contributed by atoms with Gasteiger partial charge in [0.25, 0.3) is 0 Å². The summed E-state index contributed by atoms with van der Waals surface area (Å²) in [4.78, 5) is 26.6. The molecule has 0 aromatic heterocycles. The summed E-state index contributed by atoms with van der Waals surface area (Å²) in [6, 6.07) is 0.205. The number of fused-ring (bicyclic) bond motifs is 1. The first-order valence-electron chi connectivity index (χ1n) is 6.33. The molecule has 0 spiro atoms. The summed E-state index contributed by atoms with van der Waals surface area (Å²) in [5.41, 5.74) is -0.246. The molecule has 3 aliphatic heterocycles. The van der Waals surface area contributed by atoms with Gasteiger partial charge in [0.1, 0.15) is 0 Å². The van der Waals surface area contributed by atoms with Crippen molar-refractivity contribution in [1.82, 2.24) is 20.4 Å². The number of carbonyl (C=O) groups excluding carboxylic acids is 1. The second-order valence-electron chi connectivity index (χ2n) is 5.38. The Kier molecular flexibility index (Phi) is 2.67. The number of urea groups is 1. The molecule has 3 saturated heterocycles. The van der Waals surface area contributed by atoms with Gasteiger partial charge in [-0.05, 0) is 0 Å². The first-order chi connectivity index (χ1) is 8.61. The van der Waals surface area contributed by atoms with Crippen LogP contribution in [-0.2, 0) is 4.79 Å². The second-order valence-corrected chi connectivity index (χ2v) is 5.38. The van der Waals surface area contributed by atoms with E-state index in [1.807, 2.05) is 4.90 Å². The van der Waals surface area contributed by atoms with Crippen LogP contribution in [0.3, 0.4) is 0 Å². The van der Waals surface area contributed by atoms with Gasteiger partial charge in [-0.15, -0.1) is 0 Å². The third-order valence-electron chi connectivity index (χ3n) is 4.29. The van der Waals surface area contributed by atoms with Crippen molar-refractivity contribution in [3.63, 3.8) is 0 Å². The number of carbonyl (C=O) groups is 2. The Balaban J connectivity index is 1.70. The molecular formula is C11H18N4O3. The Morgan fingerprint density at radius 1 is 1.44 bits per heavy atom. The first kappa shape index (κ1) is 11.7. The maximum absolute atomic E-state index is 11.5. The van der Waals surface area contributed by atoms with E-state index >= 15 is 0 Å². The summed E-state index contributed by atoms with van der Waals surface area (Å²) >= 11 is 0. The minimum atomic E-state index is -0.750. The normalized spacial score (nSPS) is 30.6. The highest BCUT2D eigenvalue weighted by molar-refractivity contribution is 5.77. The van der Waals surface area contributed by atoms with Gasteiger partial charge in [-0.25, -0.2) is 4.79 Å². The highest BCUT2D eigenvalue weighted by atomic mass is 16.4. The van der Waals surface area contributed by atoms with Crippen LogP contribution in [0.15, 0.2) is 0 Å². The molecule has 3 N–H and O–H groups in total. The molecule has 3 rings (SSSR count). The van der Waals surface area contributed by atoms with Gasteiger partial charge in [0.15, 0.2) is 0 Å². The maximum Gasteiger partial charge on any atom is 0.317 e. The topological polar surface area (TPSA) is 84.9 Å². The Bertz CT molecular complexity index is 382. The smallest absolute Gasteiger partial charge is 0.317 e. The van der Waals surface area contributed by atoms with E-state index in [1.165, 1.54) is 0 Å². The van der Waals surface area contributed by atoms with Crippen LogP contribution in [0.5, 0.6) is 0 Å². The van der Waals surface area contributed by atoms with Crippen LogP contribution >= 0.6 is 0 Å². The number of carboxylic acid groups (broad SMARTS) is 1. The van der Waals surface area contributed by atoms with Gasteiger partial charge in [0.2, 0.25) is 0 Å². The molecule has 1 atom stereocenters. The van der Waals surface area contributed by atoms with E-state index in [2.05, 4.69) is 15.5 Å². The molecule has 0 bridgehead atoms. The van der Waals surface area contributed by atoms with Crippen LogP contribution in [0.1, 0.15) is 6.42 Å². The van der Waals surface area contributed by atoms with Gasteiger partial charge in [0, 0.05) is 39.3 Å². The van der Waals surface area contributed by atoms with Crippen molar-refractivity contribution in [1.29, 1.82) is 0 Å². The van der Waals surface area contributed by atoms with Crippen molar-refractivity contribution in [2.75, 3.05) is 39.3 Å². The van der Waals surface area contributed by atoms with E-state index in [-0.39, 0.29) is 24.0 Å². The fourth-order valence-corrected chi connectivity index (χ4v) is 3.19. The highest BCUT2D eigenvalue weighted by Gasteiger charge is 2.48. The monoisotopic (exact) mass is 254 g/mol. The Labute approximate surface area is 105 Å². The number of aliphatic carboxylic acids is 1. The minimum absolute atomic E-state index is 0.0127. The Morgan fingerprint density at radius 2 is 2.22 bits per heavy atom. The number of piperazine rings is 1. The van der Waals surface area contributed by atoms with E-state index in [0.29, 0.717) is 13.1 Å². The van der Waals surface area contributed by atoms with Crippen LogP contribution in [-0.4, -0.2) is 77.8 Å². The third kappa shape index (κ3) is 1.74. The summed E-state index contributed by atoms with van der Waals surface area (Å²) in [5, 5.41) is 15.1. The maximum atomic E-state index is 11.5. The zero-order chi connectivity index (χ0) is 12.8. The molecule has 0 aromatic carbocycles. The van der Waals surface area contributed by atoms with Crippen LogP contribution in [0.25, 0.3) is 0 Å². The van der Waals surface area contributed by atoms with Crippen molar-refractivity contribution >= 4 is 12.0 Å². The fourth-order valence-electron chi connectivity index (χ4n) is 3.19. The lowest BCUT2D eigenvalue weighted by Crippen LogP contribution is -2.73. The van der Waals surface area contributed by atoms with Gasteiger partial charge >= 0.3 is 12.0 Å². The van der Waals surface area contributed by atoms with Crippen molar-refractivity contribution in [2.45, 2.75) is 18.0 Å². The molecule has 7 heteroatoms. The number of hydrogen-bond donors (Lipinski definition) is 3. The van der Waals surface area contributed by atoms with E-state index in [9.17, 15) is 9.59 Å². The van der Waals surface area contributed by atoms with E-state index in [0.717, 1.165) is 26.2 Å². The Morgan fingerprint density at radius 3 is 2.83 bits per heavy atom. The fraction of sp³-hybridized carbons (Fsp3) is 0.818. The predicted octanol–water partition coefficient (Wildman–Crippen LogP) is -1.49. The molecule has 0 aromatic rings. The number of rotatable bonds is 3. The highest BCUT2D eigenvalue weighted by Crippen LogP contribution is 2.28. The summed E-state index contributed by atoms with van der Waals surface area (Å²) < 4.78 is 0. The quantitative estimate of drug-likeness (QED) is 0.571. The molecule has 2 amide bonds. The van der Waals surface area contributed by atoms with Crippen LogP contribution in [0, 0.1) is 0 Å². The lowest BCUT2D eigenvalue weighted by molar-refractivity contribution is -0.142. The van der Waals surface area contributed by atoms with E-state index in [4.69, 9.17) is 5.11 Å². The van der Waals surface area contributed by atoms with E-state index in [1.54, 1.807) is 0 Å². The summed E-state index contributed by atoms with van der Waals surface area (Å²) in [5.74, 6) is -0.750. The van der Waals surface area contributed by atoms with Gasteiger partial charge in [0.05, 0.1) is 18.0 Å². The average molecular weight is 254 g/mol. The van der Waals surface area contributed by atoms with Crippen LogP contribution < -0.4 is 10.6 Å². The van der Waals surface area contributed by atoms with Gasteiger partial charge < -0.3 is 20.6 Å². The third-order valence-corrected chi connectivity index (χ3v) is 4.29. The molecule has 0 aliphatic carbocycles. The van der Waals surface area contributed by atoms with E-state index < -0.39 is 5.97 Å². The molecule has 3 fully saturated rings. The standard InChI is InChI=1S/C11H18N4O3/c16-9(17)3-11(6-12-7-11)14-1-2-15-8(5-14)4-13-10(15)18/h8,12H,1-7H2,(H,13,18)(H,16,17). The predicted molar refractivity (Wildman–Crippen MR) is 63.3 cm³/mol. The number of carboxylic acids is 1. The van der Waals surface area contributed by atoms with Crippen molar-refractivity contribution in [3.8, 4) is 0 Å². The largest absolute Gasteiger partial charge is 0.481 e. The van der Waals surface area contributed by atoms with Gasteiger partial charge in [-0.1, -0.05) is 0 Å². The zero-order valence-electron chi connectivity index (χ0n) is 10.2. The molecule has 100 valence electrons.